The molecule has 0 spiro atoms. The number of amides is 1. The van der Waals surface area contributed by atoms with Crippen molar-refractivity contribution in [3.63, 3.8) is 0 Å². The quantitative estimate of drug-likeness (QED) is 0.351. The van der Waals surface area contributed by atoms with E-state index in [1.807, 2.05) is 79.7 Å². The molecule has 3 rings (SSSR count). The first-order valence-corrected chi connectivity index (χ1v) is 10.4. The minimum atomic E-state index is -0.191. The second-order valence-electron chi connectivity index (χ2n) is 6.50. The summed E-state index contributed by atoms with van der Waals surface area (Å²) < 4.78 is 12.3. The molecule has 0 saturated carbocycles. The fraction of sp³-hybridized carbons (Fsp3) is 0.167. The van der Waals surface area contributed by atoms with Crippen LogP contribution in [0.3, 0.4) is 0 Å². The van der Waals surface area contributed by atoms with Gasteiger partial charge in [0.2, 0.25) is 5.91 Å². The average Bonchev–Trinajstić information content (AvgIpc) is 2.76. The third-order valence-corrected chi connectivity index (χ3v) is 4.75. The Morgan fingerprint density at radius 1 is 0.967 bits per heavy atom. The van der Waals surface area contributed by atoms with Crippen LogP contribution in [0.4, 0.5) is 0 Å². The number of hydrazone groups is 1. The van der Waals surface area contributed by atoms with E-state index in [-0.39, 0.29) is 12.3 Å². The SMILES string of the molecule is CCOc1ccc(CC(=O)N/N=C/c2ccccc2OCc2ccc(Br)cc2)cc1. The normalized spacial score (nSPS) is 10.7. The fourth-order valence-corrected chi connectivity index (χ4v) is 2.99. The number of carbonyl (C=O) groups is 1. The monoisotopic (exact) mass is 466 g/mol. The van der Waals surface area contributed by atoms with Gasteiger partial charge in [-0.3, -0.25) is 4.79 Å². The molecule has 3 aromatic carbocycles. The highest BCUT2D eigenvalue weighted by atomic mass is 79.9. The maximum atomic E-state index is 12.1. The largest absolute Gasteiger partial charge is 0.494 e. The minimum absolute atomic E-state index is 0.191. The predicted molar refractivity (Wildman–Crippen MR) is 122 cm³/mol. The number of hydrogen-bond acceptors (Lipinski definition) is 4. The average molecular weight is 467 g/mol. The molecule has 0 aliphatic rings. The molecule has 0 aliphatic heterocycles. The number of ether oxygens (including phenoxy) is 2. The summed E-state index contributed by atoms with van der Waals surface area (Å²) in [5.74, 6) is 1.30. The van der Waals surface area contributed by atoms with E-state index in [2.05, 4.69) is 26.5 Å². The molecule has 0 saturated heterocycles. The second-order valence-corrected chi connectivity index (χ2v) is 7.42. The molecule has 30 heavy (non-hydrogen) atoms. The molecule has 154 valence electrons. The Labute approximate surface area is 184 Å². The second kappa shape index (κ2) is 11.2. The van der Waals surface area contributed by atoms with Gasteiger partial charge in [0.25, 0.3) is 0 Å². The van der Waals surface area contributed by atoms with Crippen LogP contribution in [-0.4, -0.2) is 18.7 Å². The summed E-state index contributed by atoms with van der Waals surface area (Å²) in [4.78, 5) is 12.1. The molecule has 0 atom stereocenters. The summed E-state index contributed by atoms with van der Waals surface area (Å²) in [6, 6.07) is 23.0. The van der Waals surface area contributed by atoms with Gasteiger partial charge in [-0.1, -0.05) is 52.3 Å². The number of hydrogen-bond donors (Lipinski definition) is 1. The van der Waals surface area contributed by atoms with E-state index >= 15 is 0 Å². The van der Waals surface area contributed by atoms with Crippen molar-refractivity contribution in [2.45, 2.75) is 20.0 Å². The number of carbonyl (C=O) groups excluding carboxylic acids is 1. The lowest BCUT2D eigenvalue weighted by atomic mass is 10.1. The molecule has 0 aliphatic carbocycles. The van der Waals surface area contributed by atoms with Gasteiger partial charge in [-0.05, 0) is 54.4 Å². The van der Waals surface area contributed by atoms with E-state index < -0.39 is 0 Å². The van der Waals surface area contributed by atoms with Crippen molar-refractivity contribution >= 4 is 28.1 Å². The van der Waals surface area contributed by atoms with Crippen LogP contribution in [0, 0.1) is 0 Å². The first-order chi connectivity index (χ1) is 14.6. The maximum Gasteiger partial charge on any atom is 0.244 e. The molecule has 0 unspecified atom stereocenters. The third-order valence-electron chi connectivity index (χ3n) is 4.22. The number of benzene rings is 3. The van der Waals surface area contributed by atoms with E-state index in [1.54, 1.807) is 6.21 Å². The van der Waals surface area contributed by atoms with Crippen molar-refractivity contribution in [2.24, 2.45) is 5.10 Å². The molecule has 1 N–H and O–H groups in total. The Morgan fingerprint density at radius 2 is 1.67 bits per heavy atom. The molecule has 3 aromatic rings. The lowest BCUT2D eigenvalue weighted by molar-refractivity contribution is -0.120. The van der Waals surface area contributed by atoms with Crippen molar-refractivity contribution < 1.29 is 14.3 Å². The highest BCUT2D eigenvalue weighted by Crippen LogP contribution is 2.18. The highest BCUT2D eigenvalue weighted by molar-refractivity contribution is 9.10. The van der Waals surface area contributed by atoms with Crippen LogP contribution in [0.2, 0.25) is 0 Å². The van der Waals surface area contributed by atoms with Crippen LogP contribution in [0.25, 0.3) is 0 Å². The van der Waals surface area contributed by atoms with Crippen LogP contribution in [0.5, 0.6) is 11.5 Å². The summed E-state index contributed by atoms with van der Waals surface area (Å²) in [6.07, 6.45) is 1.83. The molecular formula is C24H23BrN2O3. The molecule has 0 aromatic heterocycles. The van der Waals surface area contributed by atoms with Gasteiger partial charge in [-0.15, -0.1) is 0 Å². The number of rotatable bonds is 9. The molecule has 5 nitrogen and oxygen atoms in total. The molecular weight excluding hydrogens is 444 g/mol. The number of nitrogens with one attached hydrogen (secondary N) is 1. The lowest BCUT2D eigenvalue weighted by Gasteiger charge is -2.09. The molecule has 1 amide bonds. The third kappa shape index (κ3) is 6.74. The van der Waals surface area contributed by atoms with Crippen molar-refractivity contribution in [1.82, 2.24) is 5.43 Å². The van der Waals surface area contributed by atoms with Crippen molar-refractivity contribution in [1.29, 1.82) is 0 Å². The van der Waals surface area contributed by atoms with Crippen LogP contribution >= 0.6 is 15.9 Å². The Kier molecular flexibility index (Phi) is 8.03. The smallest absolute Gasteiger partial charge is 0.244 e. The standard InChI is InChI=1S/C24H23BrN2O3/c1-2-29-22-13-9-18(10-14-22)15-24(28)27-26-16-20-5-3-4-6-23(20)30-17-19-7-11-21(25)12-8-19/h3-14,16H,2,15,17H2,1H3,(H,27,28)/b26-16+. The zero-order valence-corrected chi connectivity index (χ0v) is 18.3. The first kappa shape index (κ1) is 21.6. The van der Waals surface area contributed by atoms with Gasteiger partial charge < -0.3 is 9.47 Å². The zero-order chi connectivity index (χ0) is 21.2. The van der Waals surface area contributed by atoms with Gasteiger partial charge in [0.1, 0.15) is 18.1 Å². The fourth-order valence-electron chi connectivity index (χ4n) is 2.73. The van der Waals surface area contributed by atoms with E-state index in [1.165, 1.54) is 0 Å². The molecule has 0 radical (unpaired) electrons. The molecule has 6 heteroatoms. The van der Waals surface area contributed by atoms with Crippen LogP contribution in [0.1, 0.15) is 23.6 Å². The first-order valence-electron chi connectivity index (χ1n) is 9.64. The number of nitrogens with zero attached hydrogens (tertiary/aromatic N) is 1. The van der Waals surface area contributed by atoms with Gasteiger partial charge >= 0.3 is 0 Å². The summed E-state index contributed by atoms with van der Waals surface area (Å²) in [5.41, 5.74) is 5.31. The summed E-state index contributed by atoms with van der Waals surface area (Å²) in [7, 11) is 0. The Morgan fingerprint density at radius 3 is 2.40 bits per heavy atom. The van der Waals surface area contributed by atoms with E-state index in [9.17, 15) is 4.79 Å². The Hall–Kier alpha value is -3.12. The van der Waals surface area contributed by atoms with E-state index in [0.29, 0.717) is 19.0 Å². The van der Waals surface area contributed by atoms with E-state index in [0.717, 1.165) is 26.9 Å². The summed E-state index contributed by atoms with van der Waals surface area (Å²) in [5, 5.41) is 4.08. The molecule has 0 bridgehead atoms. The van der Waals surface area contributed by atoms with Gasteiger partial charge in [0, 0.05) is 10.0 Å². The van der Waals surface area contributed by atoms with E-state index in [4.69, 9.17) is 9.47 Å². The maximum absolute atomic E-state index is 12.1. The predicted octanol–water partition coefficient (Wildman–Crippen LogP) is 5.12. The van der Waals surface area contributed by atoms with Crippen LogP contribution < -0.4 is 14.9 Å². The summed E-state index contributed by atoms with van der Waals surface area (Å²) >= 11 is 3.42. The number of halogens is 1. The molecule has 0 fully saturated rings. The lowest BCUT2D eigenvalue weighted by Crippen LogP contribution is -2.19. The Bertz CT molecular complexity index is 986. The van der Waals surface area contributed by atoms with Gasteiger partial charge in [0.15, 0.2) is 0 Å². The number of para-hydroxylation sites is 1. The van der Waals surface area contributed by atoms with Gasteiger partial charge in [0.05, 0.1) is 19.2 Å². The topological polar surface area (TPSA) is 59.9 Å². The van der Waals surface area contributed by atoms with Crippen LogP contribution in [-0.2, 0) is 17.8 Å². The zero-order valence-electron chi connectivity index (χ0n) is 16.7. The van der Waals surface area contributed by atoms with Crippen LogP contribution in [0.15, 0.2) is 82.4 Å². The Balaban J connectivity index is 1.54. The summed E-state index contributed by atoms with van der Waals surface area (Å²) in [6.45, 7) is 2.99. The van der Waals surface area contributed by atoms with Crippen molar-refractivity contribution in [3.05, 3.63) is 94.0 Å². The molecule has 0 heterocycles. The highest BCUT2D eigenvalue weighted by Gasteiger charge is 2.04. The van der Waals surface area contributed by atoms with Crippen molar-refractivity contribution in [3.8, 4) is 11.5 Å². The van der Waals surface area contributed by atoms with Crippen molar-refractivity contribution in [2.75, 3.05) is 6.61 Å². The van der Waals surface area contributed by atoms with Gasteiger partial charge in [-0.2, -0.15) is 5.10 Å². The minimum Gasteiger partial charge on any atom is -0.494 e. The van der Waals surface area contributed by atoms with Gasteiger partial charge in [-0.25, -0.2) is 5.43 Å².